The van der Waals surface area contributed by atoms with Gasteiger partial charge in [0.2, 0.25) is 0 Å². The first-order chi connectivity index (χ1) is 16.2. The van der Waals surface area contributed by atoms with Crippen LogP contribution >= 0.6 is 31.9 Å². The van der Waals surface area contributed by atoms with Crippen molar-refractivity contribution in [3.05, 3.63) is 0 Å². The third-order valence-electron chi connectivity index (χ3n) is 7.14. The van der Waals surface area contributed by atoms with Gasteiger partial charge in [-0.05, 0) is 102 Å². The molecule has 0 radical (unpaired) electrons. The van der Waals surface area contributed by atoms with Crippen LogP contribution in [0.5, 0.6) is 0 Å². The van der Waals surface area contributed by atoms with Crippen molar-refractivity contribution in [1.82, 2.24) is 0 Å². The van der Waals surface area contributed by atoms with Crippen molar-refractivity contribution in [2.24, 2.45) is 0 Å². The van der Waals surface area contributed by atoms with Crippen LogP contribution in [-0.2, 0) is 27.9 Å². The van der Waals surface area contributed by atoms with Gasteiger partial charge in [0.1, 0.15) is 0 Å². The van der Waals surface area contributed by atoms with E-state index >= 15 is 0 Å². The van der Waals surface area contributed by atoms with E-state index in [0.29, 0.717) is 0 Å². The Hall–Kier alpha value is 0.915. The van der Waals surface area contributed by atoms with E-state index in [1.54, 1.807) is 0 Å². The summed E-state index contributed by atoms with van der Waals surface area (Å²) < 4.78 is 34.9. The number of alkyl halides is 2. The van der Waals surface area contributed by atoms with Gasteiger partial charge >= 0.3 is 21.1 Å². The van der Waals surface area contributed by atoms with Gasteiger partial charge in [-0.3, -0.25) is 0 Å². The molecule has 3 rings (SSSR count). The molecule has 11 heteroatoms. The van der Waals surface area contributed by atoms with Crippen molar-refractivity contribution >= 4 is 53.0 Å². The van der Waals surface area contributed by atoms with Crippen molar-refractivity contribution in [2.45, 2.75) is 151 Å². The third kappa shape index (κ3) is 10.5. The molecule has 3 saturated heterocycles. The van der Waals surface area contributed by atoms with Crippen LogP contribution in [0, 0.1) is 0 Å². The lowest BCUT2D eigenvalue weighted by atomic mass is 9.49. The molecular weight excluding hydrogens is 589 g/mol. The van der Waals surface area contributed by atoms with E-state index < -0.39 is 14.0 Å². The fraction of sp³-hybridized carbons (Fsp3) is 1.00. The van der Waals surface area contributed by atoms with E-state index in [4.69, 9.17) is 27.9 Å². The molecule has 0 aromatic carbocycles. The fourth-order valence-electron chi connectivity index (χ4n) is 3.14. The minimum absolute atomic E-state index is 0.0648. The van der Waals surface area contributed by atoms with Gasteiger partial charge in [-0.25, -0.2) is 0 Å². The summed E-state index contributed by atoms with van der Waals surface area (Å²) in [5.74, 6) is 3.62. The lowest BCUT2D eigenvalue weighted by Crippen LogP contribution is -2.41. The fourth-order valence-corrected chi connectivity index (χ4v) is 3.14. The first-order valence-corrected chi connectivity index (χ1v) is 16.2. The van der Waals surface area contributed by atoms with Crippen molar-refractivity contribution in [2.75, 3.05) is 11.7 Å². The standard InChI is InChI=1S/C12H24B2O4.C7H15BO2.2C2H6.2CH3Br/c1-9(2)10(3,4)16-13(15-9)14-17-11(5,6)12(7,8)18-14;1-6(2)7(3,4)10-8(5)9-6;4*1-2/h1-8H3;1-5H3;2*1-2H3;2*1H3. The van der Waals surface area contributed by atoms with E-state index in [1.165, 1.54) is 0 Å². The largest absolute Gasteiger partial charge is 0.488 e. The molecular formula is C25H57B3Br2O6. The summed E-state index contributed by atoms with van der Waals surface area (Å²) in [5.41, 5.74) is -1.76. The van der Waals surface area contributed by atoms with Crippen LogP contribution < -0.4 is 0 Å². The zero-order valence-corrected chi connectivity index (χ0v) is 30.1. The normalized spacial score (nSPS) is 24.8. The summed E-state index contributed by atoms with van der Waals surface area (Å²) in [4.78, 5) is 0. The molecule has 6 nitrogen and oxygen atoms in total. The van der Waals surface area contributed by atoms with Crippen LogP contribution in [0.25, 0.3) is 0 Å². The van der Waals surface area contributed by atoms with Gasteiger partial charge < -0.3 is 27.9 Å². The molecule has 216 valence electrons. The van der Waals surface area contributed by atoms with Gasteiger partial charge in [-0.2, -0.15) is 0 Å². The predicted molar refractivity (Wildman–Crippen MR) is 167 cm³/mol. The van der Waals surface area contributed by atoms with Gasteiger partial charge in [0.05, 0.1) is 33.6 Å². The molecule has 3 aliphatic rings. The summed E-state index contributed by atoms with van der Waals surface area (Å²) in [5, 5.41) is 0. The Balaban J connectivity index is -0.000000514. The molecule has 3 heterocycles. The molecule has 0 N–H and O–H groups in total. The second kappa shape index (κ2) is 16.2. The van der Waals surface area contributed by atoms with Gasteiger partial charge in [0.25, 0.3) is 0 Å². The maximum Gasteiger partial charge on any atom is 0.488 e. The summed E-state index contributed by atoms with van der Waals surface area (Å²) in [6, 6.07) is 0. The van der Waals surface area contributed by atoms with Crippen molar-refractivity contribution in [1.29, 1.82) is 0 Å². The number of hydrogen-bond donors (Lipinski definition) is 0. The molecule has 3 fully saturated rings. The van der Waals surface area contributed by atoms with E-state index in [1.807, 2.05) is 102 Å². The average molecular weight is 646 g/mol. The Kier molecular flexibility index (Phi) is 18.7. The molecule has 0 amide bonds. The molecule has 0 saturated carbocycles. The Morgan fingerprint density at radius 3 is 0.611 bits per heavy atom. The van der Waals surface area contributed by atoms with E-state index in [-0.39, 0.29) is 40.7 Å². The number of halogens is 2. The number of rotatable bonds is 1. The maximum atomic E-state index is 5.96. The molecule has 0 aromatic rings. The molecule has 3 aliphatic heterocycles. The van der Waals surface area contributed by atoms with Crippen molar-refractivity contribution in [3.63, 3.8) is 0 Å². The number of hydrogen-bond acceptors (Lipinski definition) is 6. The molecule has 0 aromatic heterocycles. The van der Waals surface area contributed by atoms with Crippen LogP contribution in [0.4, 0.5) is 0 Å². The van der Waals surface area contributed by atoms with Gasteiger partial charge in [0, 0.05) is 0 Å². The Bertz CT molecular complexity index is 520. The maximum absolute atomic E-state index is 5.96. The monoisotopic (exact) mass is 644 g/mol. The van der Waals surface area contributed by atoms with Crippen LogP contribution in [0.15, 0.2) is 0 Å². The summed E-state index contributed by atoms with van der Waals surface area (Å²) in [7, 11) is -1.02. The highest BCUT2D eigenvalue weighted by Crippen LogP contribution is 2.43. The summed E-state index contributed by atoms with van der Waals surface area (Å²) >= 11 is 5.88. The lowest BCUT2D eigenvalue weighted by molar-refractivity contribution is 0.00578. The highest BCUT2D eigenvalue weighted by molar-refractivity contribution is 9.09. The smallest absolute Gasteiger partial charge is 0.405 e. The zero-order valence-electron chi connectivity index (χ0n) is 26.9. The highest BCUT2D eigenvalue weighted by atomic mass is 79.9. The zero-order chi connectivity index (χ0) is 30.0. The highest BCUT2D eigenvalue weighted by Gasteiger charge is 2.63. The van der Waals surface area contributed by atoms with E-state index in [9.17, 15) is 0 Å². The van der Waals surface area contributed by atoms with Gasteiger partial charge in [0.15, 0.2) is 0 Å². The molecule has 0 aliphatic carbocycles. The van der Waals surface area contributed by atoms with Crippen LogP contribution in [0.2, 0.25) is 6.82 Å². The second-order valence-corrected chi connectivity index (χ2v) is 11.1. The molecule has 0 unspecified atom stereocenters. The first-order valence-electron chi connectivity index (χ1n) is 13.1. The summed E-state index contributed by atoms with van der Waals surface area (Å²) in [6.07, 6.45) is 0. The average Bonchev–Trinajstić information content (AvgIpc) is 3.21. The predicted octanol–water partition coefficient (Wildman–Crippen LogP) is 8.03. The van der Waals surface area contributed by atoms with E-state index in [0.717, 1.165) is 0 Å². The molecule has 0 spiro atoms. The Morgan fingerprint density at radius 1 is 0.361 bits per heavy atom. The van der Waals surface area contributed by atoms with Crippen LogP contribution in [0.1, 0.15) is 111 Å². The van der Waals surface area contributed by atoms with Crippen LogP contribution in [-0.4, -0.2) is 66.4 Å². The molecule has 36 heavy (non-hydrogen) atoms. The minimum Gasteiger partial charge on any atom is -0.405 e. The van der Waals surface area contributed by atoms with Gasteiger partial charge in [-0.1, -0.05) is 59.6 Å². The molecule has 0 atom stereocenters. The summed E-state index contributed by atoms with van der Waals surface area (Å²) in [6.45, 7) is 34.3. The topological polar surface area (TPSA) is 55.4 Å². The first kappa shape index (κ1) is 41.4. The van der Waals surface area contributed by atoms with Crippen molar-refractivity contribution < 1.29 is 27.9 Å². The Morgan fingerprint density at radius 2 is 0.500 bits per heavy atom. The van der Waals surface area contributed by atoms with Crippen molar-refractivity contribution in [3.8, 4) is 0 Å². The lowest BCUT2D eigenvalue weighted by Gasteiger charge is -2.32. The Labute approximate surface area is 243 Å². The SMILES string of the molecule is CB1OC(C)(C)C(C)(C)O1.CBr.CBr.CC.CC.CC1(C)OB(B2OC(C)(C)C(C)(C)O2)OC1(C)C. The molecule has 0 bridgehead atoms. The van der Waals surface area contributed by atoms with Crippen LogP contribution in [0.3, 0.4) is 0 Å². The second-order valence-electron chi connectivity index (χ2n) is 11.1. The minimum atomic E-state index is -0.476. The quantitative estimate of drug-likeness (QED) is 0.213. The van der Waals surface area contributed by atoms with E-state index in [2.05, 4.69) is 59.6 Å². The third-order valence-corrected chi connectivity index (χ3v) is 7.14. The van der Waals surface area contributed by atoms with Gasteiger partial charge in [-0.15, -0.1) is 0 Å².